The highest BCUT2D eigenvalue weighted by molar-refractivity contribution is 5.76. The number of unbranched alkanes of at least 4 members (excludes halogenated alkanes) is 2. The second kappa shape index (κ2) is 6.11. The standard InChI is InChI=1S/C12H24N2O/c1-3-4-5-6-10(2)11-7-14(8-11)9-12(13)15/h10-11H,3-9H2,1-2H3,(H2,13,15). The van der Waals surface area contributed by atoms with Gasteiger partial charge in [0.2, 0.25) is 5.91 Å². The molecule has 1 aliphatic heterocycles. The van der Waals surface area contributed by atoms with Crippen molar-refractivity contribution < 1.29 is 4.79 Å². The predicted molar refractivity (Wildman–Crippen MR) is 62.4 cm³/mol. The van der Waals surface area contributed by atoms with E-state index in [9.17, 15) is 4.79 Å². The van der Waals surface area contributed by atoms with Gasteiger partial charge in [0.15, 0.2) is 0 Å². The molecule has 1 saturated heterocycles. The Kier molecular flexibility index (Phi) is 5.09. The molecule has 3 nitrogen and oxygen atoms in total. The van der Waals surface area contributed by atoms with E-state index in [0.717, 1.165) is 24.9 Å². The Bertz CT molecular complexity index is 200. The van der Waals surface area contributed by atoms with Crippen molar-refractivity contribution in [2.75, 3.05) is 19.6 Å². The van der Waals surface area contributed by atoms with Crippen molar-refractivity contribution >= 4 is 5.91 Å². The molecule has 0 radical (unpaired) electrons. The van der Waals surface area contributed by atoms with Crippen LogP contribution in [0, 0.1) is 11.8 Å². The number of rotatable bonds is 7. The van der Waals surface area contributed by atoms with Gasteiger partial charge in [0.05, 0.1) is 6.54 Å². The second-order valence-electron chi connectivity index (χ2n) is 4.89. The number of hydrogen-bond acceptors (Lipinski definition) is 2. The van der Waals surface area contributed by atoms with Crippen LogP contribution in [0.3, 0.4) is 0 Å². The van der Waals surface area contributed by atoms with Crippen LogP contribution in [0.15, 0.2) is 0 Å². The number of nitrogens with two attached hydrogens (primary N) is 1. The summed E-state index contributed by atoms with van der Waals surface area (Å²) in [5, 5.41) is 0. The summed E-state index contributed by atoms with van der Waals surface area (Å²) in [6.07, 6.45) is 5.33. The molecule has 0 aromatic heterocycles. The predicted octanol–water partition coefficient (Wildman–Crippen LogP) is 1.62. The molecule has 0 aliphatic carbocycles. The lowest BCUT2D eigenvalue weighted by molar-refractivity contribution is -0.121. The quantitative estimate of drug-likeness (QED) is 0.652. The maximum absolute atomic E-state index is 10.7. The molecule has 1 atom stereocenters. The Labute approximate surface area is 93.0 Å². The Hall–Kier alpha value is -0.570. The zero-order valence-corrected chi connectivity index (χ0v) is 10.0. The minimum absolute atomic E-state index is 0.202. The van der Waals surface area contributed by atoms with E-state index in [1.807, 2.05) is 0 Å². The van der Waals surface area contributed by atoms with Crippen molar-refractivity contribution in [1.29, 1.82) is 0 Å². The van der Waals surface area contributed by atoms with Gasteiger partial charge in [-0.2, -0.15) is 0 Å². The first-order chi connectivity index (χ1) is 7.13. The third-order valence-corrected chi connectivity index (χ3v) is 3.43. The summed E-state index contributed by atoms with van der Waals surface area (Å²) in [6.45, 7) is 7.15. The molecule has 1 rings (SSSR count). The van der Waals surface area contributed by atoms with E-state index in [4.69, 9.17) is 5.73 Å². The van der Waals surface area contributed by atoms with E-state index in [2.05, 4.69) is 18.7 Å². The van der Waals surface area contributed by atoms with Gasteiger partial charge in [-0.3, -0.25) is 9.69 Å². The van der Waals surface area contributed by atoms with Gasteiger partial charge in [-0.25, -0.2) is 0 Å². The molecule has 0 aromatic rings. The van der Waals surface area contributed by atoms with Crippen molar-refractivity contribution in [2.24, 2.45) is 17.6 Å². The van der Waals surface area contributed by atoms with Crippen LogP contribution in [0.4, 0.5) is 0 Å². The van der Waals surface area contributed by atoms with Gasteiger partial charge in [-0.1, -0.05) is 39.5 Å². The van der Waals surface area contributed by atoms with Crippen molar-refractivity contribution in [2.45, 2.75) is 39.5 Å². The number of primary amides is 1. The molecule has 0 bridgehead atoms. The van der Waals surface area contributed by atoms with Gasteiger partial charge < -0.3 is 5.73 Å². The summed E-state index contributed by atoms with van der Waals surface area (Å²) in [5.74, 6) is 1.40. The molecule has 1 heterocycles. The van der Waals surface area contributed by atoms with Gasteiger partial charge in [0.25, 0.3) is 0 Å². The van der Waals surface area contributed by atoms with Crippen molar-refractivity contribution in [3.8, 4) is 0 Å². The number of likely N-dealkylation sites (tertiary alicyclic amines) is 1. The highest BCUT2D eigenvalue weighted by Crippen LogP contribution is 2.27. The average molecular weight is 212 g/mol. The molecule has 1 fully saturated rings. The first kappa shape index (κ1) is 12.5. The highest BCUT2D eigenvalue weighted by Gasteiger charge is 2.31. The molecule has 88 valence electrons. The molecule has 15 heavy (non-hydrogen) atoms. The van der Waals surface area contributed by atoms with Crippen molar-refractivity contribution in [3.63, 3.8) is 0 Å². The number of amides is 1. The van der Waals surface area contributed by atoms with Crippen LogP contribution in [0.25, 0.3) is 0 Å². The zero-order chi connectivity index (χ0) is 11.3. The summed E-state index contributed by atoms with van der Waals surface area (Å²) in [7, 11) is 0. The third-order valence-electron chi connectivity index (χ3n) is 3.43. The molecule has 2 N–H and O–H groups in total. The third kappa shape index (κ3) is 4.20. The van der Waals surface area contributed by atoms with E-state index < -0.39 is 0 Å². The van der Waals surface area contributed by atoms with Crippen LogP contribution in [-0.4, -0.2) is 30.4 Å². The molecule has 1 amide bonds. The highest BCUT2D eigenvalue weighted by atomic mass is 16.1. The molecule has 0 spiro atoms. The maximum atomic E-state index is 10.7. The van der Waals surface area contributed by atoms with E-state index in [1.165, 1.54) is 25.7 Å². The summed E-state index contributed by atoms with van der Waals surface area (Å²) in [6, 6.07) is 0. The lowest BCUT2D eigenvalue weighted by Crippen LogP contribution is -2.52. The first-order valence-corrected chi connectivity index (χ1v) is 6.14. The molecule has 1 unspecified atom stereocenters. The number of carbonyl (C=O) groups is 1. The topological polar surface area (TPSA) is 46.3 Å². The van der Waals surface area contributed by atoms with E-state index >= 15 is 0 Å². The molecule has 0 saturated carbocycles. The van der Waals surface area contributed by atoms with Gasteiger partial charge in [-0.05, 0) is 11.8 Å². The Morgan fingerprint density at radius 3 is 2.67 bits per heavy atom. The van der Waals surface area contributed by atoms with Crippen molar-refractivity contribution in [3.05, 3.63) is 0 Å². The Balaban J connectivity index is 2.07. The maximum Gasteiger partial charge on any atom is 0.231 e. The molecular weight excluding hydrogens is 188 g/mol. The second-order valence-corrected chi connectivity index (χ2v) is 4.89. The van der Waals surface area contributed by atoms with Crippen LogP contribution in [0.1, 0.15) is 39.5 Å². The van der Waals surface area contributed by atoms with Gasteiger partial charge >= 0.3 is 0 Å². The van der Waals surface area contributed by atoms with Crippen LogP contribution in [-0.2, 0) is 4.79 Å². The lowest BCUT2D eigenvalue weighted by Gasteiger charge is -2.42. The molecule has 0 aromatic carbocycles. The van der Waals surface area contributed by atoms with Crippen molar-refractivity contribution in [1.82, 2.24) is 4.90 Å². The Morgan fingerprint density at radius 1 is 1.47 bits per heavy atom. The van der Waals surface area contributed by atoms with Gasteiger partial charge in [0, 0.05) is 13.1 Å². The van der Waals surface area contributed by atoms with Gasteiger partial charge in [-0.15, -0.1) is 0 Å². The summed E-state index contributed by atoms with van der Waals surface area (Å²) < 4.78 is 0. The Morgan fingerprint density at radius 2 is 2.13 bits per heavy atom. The zero-order valence-electron chi connectivity index (χ0n) is 10.0. The van der Waals surface area contributed by atoms with Crippen LogP contribution >= 0.6 is 0 Å². The normalized spacial score (nSPS) is 19.9. The minimum atomic E-state index is -0.202. The minimum Gasteiger partial charge on any atom is -0.369 e. The van der Waals surface area contributed by atoms with E-state index in [-0.39, 0.29) is 5.91 Å². The van der Waals surface area contributed by atoms with Crippen LogP contribution in [0.5, 0.6) is 0 Å². The van der Waals surface area contributed by atoms with Gasteiger partial charge in [0.1, 0.15) is 0 Å². The molecule has 3 heteroatoms. The summed E-state index contributed by atoms with van der Waals surface area (Å²) in [4.78, 5) is 12.8. The number of nitrogens with zero attached hydrogens (tertiary/aromatic N) is 1. The lowest BCUT2D eigenvalue weighted by atomic mass is 9.84. The molecular formula is C12H24N2O. The fourth-order valence-electron chi connectivity index (χ4n) is 2.27. The van der Waals surface area contributed by atoms with E-state index in [1.54, 1.807) is 0 Å². The van der Waals surface area contributed by atoms with Crippen LogP contribution < -0.4 is 5.73 Å². The monoisotopic (exact) mass is 212 g/mol. The fraction of sp³-hybridized carbons (Fsp3) is 0.917. The smallest absolute Gasteiger partial charge is 0.231 e. The number of carbonyl (C=O) groups excluding carboxylic acids is 1. The first-order valence-electron chi connectivity index (χ1n) is 6.14. The van der Waals surface area contributed by atoms with Crippen LogP contribution in [0.2, 0.25) is 0 Å². The fourth-order valence-corrected chi connectivity index (χ4v) is 2.27. The summed E-state index contributed by atoms with van der Waals surface area (Å²) in [5.41, 5.74) is 5.14. The number of hydrogen-bond donors (Lipinski definition) is 1. The molecule has 1 aliphatic rings. The SMILES string of the molecule is CCCCCC(C)C1CN(CC(N)=O)C1. The summed E-state index contributed by atoms with van der Waals surface area (Å²) >= 11 is 0. The van der Waals surface area contributed by atoms with E-state index in [0.29, 0.717) is 6.54 Å². The largest absolute Gasteiger partial charge is 0.369 e. The average Bonchev–Trinajstić information content (AvgIpc) is 2.10.